The molecule has 150 valence electrons. The monoisotopic (exact) mass is 401 g/mol. The van der Waals surface area contributed by atoms with E-state index in [9.17, 15) is 13.2 Å². The molecular weight excluding hydrogens is 374 g/mol. The van der Waals surface area contributed by atoms with Crippen LogP contribution in [0, 0.1) is 0 Å². The van der Waals surface area contributed by atoms with E-state index < -0.39 is 9.84 Å². The van der Waals surface area contributed by atoms with Crippen LogP contribution in [-0.2, 0) is 16.4 Å². The summed E-state index contributed by atoms with van der Waals surface area (Å²) >= 11 is 0. The molecule has 0 radical (unpaired) electrons. The molecule has 28 heavy (non-hydrogen) atoms. The number of rotatable bonds is 6. The molecule has 1 saturated heterocycles. The van der Waals surface area contributed by atoms with Gasteiger partial charge >= 0.3 is 0 Å². The van der Waals surface area contributed by atoms with Gasteiger partial charge in [0.1, 0.15) is 5.75 Å². The third kappa shape index (κ3) is 4.73. The lowest BCUT2D eigenvalue weighted by Crippen LogP contribution is -2.40. The summed E-state index contributed by atoms with van der Waals surface area (Å²) in [5, 5.41) is 0. The summed E-state index contributed by atoms with van der Waals surface area (Å²) in [6.45, 7) is 4.67. The smallest absolute Gasteiger partial charge is 0.254 e. The number of sulfone groups is 1. The van der Waals surface area contributed by atoms with Crippen molar-refractivity contribution in [3.63, 3.8) is 0 Å². The molecule has 6 heteroatoms. The van der Waals surface area contributed by atoms with E-state index in [4.69, 9.17) is 4.74 Å². The lowest BCUT2D eigenvalue weighted by molar-refractivity contribution is 0.0681. The Hall–Kier alpha value is -2.34. The first kappa shape index (κ1) is 20.4. The molecule has 0 unspecified atom stereocenters. The van der Waals surface area contributed by atoms with Gasteiger partial charge in [-0.15, -0.1) is 0 Å². The first-order valence-electron chi connectivity index (χ1n) is 9.53. The van der Waals surface area contributed by atoms with Gasteiger partial charge in [-0.2, -0.15) is 0 Å². The van der Waals surface area contributed by atoms with Gasteiger partial charge in [0.25, 0.3) is 5.91 Å². The van der Waals surface area contributed by atoms with Crippen LogP contribution in [0.15, 0.2) is 48.5 Å². The highest BCUT2D eigenvalue weighted by atomic mass is 32.2. The van der Waals surface area contributed by atoms with Crippen molar-refractivity contribution in [1.82, 2.24) is 4.90 Å². The molecule has 1 atom stereocenters. The van der Waals surface area contributed by atoms with Crippen molar-refractivity contribution < 1.29 is 17.9 Å². The predicted octanol–water partition coefficient (Wildman–Crippen LogP) is 3.65. The van der Waals surface area contributed by atoms with Crippen LogP contribution in [0.2, 0.25) is 0 Å². The number of amides is 1. The van der Waals surface area contributed by atoms with Gasteiger partial charge in [-0.25, -0.2) is 8.42 Å². The molecule has 3 rings (SSSR count). The maximum absolute atomic E-state index is 13.2. The Morgan fingerprint density at radius 1 is 1.11 bits per heavy atom. The van der Waals surface area contributed by atoms with Crippen molar-refractivity contribution in [3.8, 4) is 5.75 Å². The summed E-state index contributed by atoms with van der Waals surface area (Å²) < 4.78 is 29.2. The second-order valence-electron chi connectivity index (χ2n) is 7.61. The van der Waals surface area contributed by atoms with E-state index in [1.54, 1.807) is 36.3 Å². The molecule has 2 aromatic carbocycles. The molecule has 1 heterocycles. The van der Waals surface area contributed by atoms with Crippen molar-refractivity contribution in [2.24, 2.45) is 0 Å². The van der Waals surface area contributed by atoms with Crippen molar-refractivity contribution in [2.75, 3.05) is 18.6 Å². The van der Waals surface area contributed by atoms with Crippen LogP contribution in [0.4, 0.5) is 0 Å². The Balaban J connectivity index is 1.87. The van der Waals surface area contributed by atoms with Gasteiger partial charge in [0, 0.05) is 18.2 Å². The highest BCUT2D eigenvalue weighted by Crippen LogP contribution is 2.24. The van der Waals surface area contributed by atoms with Gasteiger partial charge < -0.3 is 9.64 Å². The van der Waals surface area contributed by atoms with Crippen LogP contribution in [-0.4, -0.2) is 43.9 Å². The highest BCUT2D eigenvalue weighted by Gasteiger charge is 2.35. The van der Waals surface area contributed by atoms with Gasteiger partial charge in [0.05, 0.1) is 18.6 Å². The maximum Gasteiger partial charge on any atom is 0.254 e. The van der Waals surface area contributed by atoms with E-state index in [2.05, 4.69) is 26.0 Å². The van der Waals surface area contributed by atoms with Gasteiger partial charge in [0.2, 0.25) is 0 Å². The Morgan fingerprint density at radius 3 is 2.25 bits per heavy atom. The van der Waals surface area contributed by atoms with Crippen molar-refractivity contribution in [1.29, 1.82) is 0 Å². The maximum atomic E-state index is 13.2. The summed E-state index contributed by atoms with van der Waals surface area (Å²) in [5.41, 5.74) is 2.76. The Labute approximate surface area is 167 Å². The van der Waals surface area contributed by atoms with Gasteiger partial charge in [-0.3, -0.25) is 4.79 Å². The average Bonchev–Trinajstić information content (AvgIpc) is 3.05. The number of hydrogen-bond donors (Lipinski definition) is 0. The van der Waals surface area contributed by atoms with Gasteiger partial charge in [0.15, 0.2) is 9.84 Å². The molecule has 0 N–H and O–H groups in total. The Morgan fingerprint density at radius 2 is 1.75 bits per heavy atom. The van der Waals surface area contributed by atoms with E-state index >= 15 is 0 Å². The second-order valence-corrected chi connectivity index (χ2v) is 9.84. The van der Waals surface area contributed by atoms with Gasteiger partial charge in [-0.1, -0.05) is 38.1 Å². The van der Waals surface area contributed by atoms with E-state index in [-0.39, 0.29) is 23.5 Å². The third-order valence-corrected chi connectivity index (χ3v) is 7.00. The summed E-state index contributed by atoms with van der Waals surface area (Å²) in [5.74, 6) is 1.12. The van der Waals surface area contributed by atoms with Crippen LogP contribution >= 0.6 is 0 Å². The van der Waals surface area contributed by atoms with Crippen LogP contribution in [0.25, 0.3) is 0 Å². The first-order chi connectivity index (χ1) is 13.3. The molecule has 0 saturated carbocycles. The topological polar surface area (TPSA) is 63.7 Å². The number of hydrogen-bond acceptors (Lipinski definition) is 4. The minimum Gasteiger partial charge on any atom is -0.497 e. The molecule has 0 spiro atoms. The van der Waals surface area contributed by atoms with E-state index in [1.807, 2.05) is 12.1 Å². The molecule has 2 aromatic rings. The molecule has 1 aliphatic rings. The minimum atomic E-state index is -3.09. The van der Waals surface area contributed by atoms with Crippen LogP contribution in [0.3, 0.4) is 0 Å². The summed E-state index contributed by atoms with van der Waals surface area (Å²) in [6, 6.07) is 14.8. The van der Waals surface area contributed by atoms with E-state index in [1.165, 1.54) is 5.56 Å². The Kier molecular flexibility index (Phi) is 6.08. The predicted molar refractivity (Wildman–Crippen MR) is 110 cm³/mol. The molecule has 0 aromatic heterocycles. The number of ether oxygens (including phenoxy) is 1. The van der Waals surface area contributed by atoms with Gasteiger partial charge in [-0.05, 0) is 47.7 Å². The molecule has 5 nitrogen and oxygen atoms in total. The second kappa shape index (κ2) is 8.35. The molecule has 0 aliphatic carbocycles. The zero-order valence-electron chi connectivity index (χ0n) is 16.6. The number of benzene rings is 2. The zero-order chi connectivity index (χ0) is 20.3. The number of carbonyl (C=O) groups is 1. The molecule has 1 amide bonds. The van der Waals surface area contributed by atoms with Crippen molar-refractivity contribution in [3.05, 3.63) is 65.2 Å². The number of carbonyl (C=O) groups excluding carboxylic acids is 1. The van der Waals surface area contributed by atoms with E-state index in [0.29, 0.717) is 30.2 Å². The highest BCUT2D eigenvalue weighted by molar-refractivity contribution is 7.91. The van der Waals surface area contributed by atoms with Crippen molar-refractivity contribution >= 4 is 15.7 Å². The van der Waals surface area contributed by atoms with Crippen LogP contribution < -0.4 is 4.74 Å². The fourth-order valence-electron chi connectivity index (χ4n) is 3.49. The largest absolute Gasteiger partial charge is 0.497 e. The molecule has 1 fully saturated rings. The van der Waals surface area contributed by atoms with Crippen LogP contribution in [0.1, 0.15) is 47.7 Å². The summed E-state index contributed by atoms with van der Waals surface area (Å²) in [7, 11) is -1.51. The normalized spacial score (nSPS) is 18.2. The lowest BCUT2D eigenvalue weighted by atomic mass is 10.0. The number of nitrogens with zero attached hydrogens (tertiary/aromatic N) is 1. The third-order valence-electron chi connectivity index (χ3n) is 5.25. The average molecular weight is 402 g/mol. The van der Waals surface area contributed by atoms with Crippen LogP contribution in [0.5, 0.6) is 5.75 Å². The minimum absolute atomic E-state index is 0.0268. The molecular formula is C22H27NO4S. The molecule has 0 bridgehead atoms. The Bertz CT molecular complexity index is 918. The quantitative estimate of drug-likeness (QED) is 0.741. The zero-order valence-corrected chi connectivity index (χ0v) is 17.4. The van der Waals surface area contributed by atoms with E-state index in [0.717, 1.165) is 5.56 Å². The lowest BCUT2D eigenvalue weighted by Gasteiger charge is -2.29. The fourth-order valence-corrected chi connectivity index (χ4v) is 5.22. The van der Waals surface area contributed by atoms with Crippen molar-refractivity contribution in [2.45, 2.75) is 38.8 Å². The summed E-state index contributed by atoms with van der Waals surface area (Å²) in [6.07, 6.45) is 0.480. The summed E-state index contributed by atoms with van der Waals surface area (Å²) in [4.78, 5) is 14.9. The fraction of sp³-hybridized carbons (Fsp3) is 0.409. The first-order valence-corrected chi connectivity index (χ1v) is 11.4. The molecule has 1 aliphatic heterocycles. The standard InChI is InChI=1S/C22H27NO4S/c1-16(2)18-6-4-17(5-7-18)14-23(20-12-13-28(25,26)15-20)22(24)19-8-10-21(27-3)11-9-19/h4-11,16,20H,12-15H2,1-3H3/t20-/m0/s1. The number of methoxy groups -OCH3 is 1. The SMILES string of the molecule is COc1ccc(C(=O)N(Cc2ccc(C(C)C)cc2)[C@H]2CCS(=O)(=O)C2)cc1.